The minimum atomic E-state index is -3.49. The minimum absolute atomic E-state index is 0.0958. The molecule has 0 bridgehead atoms. The Balaban J connectivity index is 1.74. The molecule has 1 heterocycles. The molecule has 3 atom stereocenters. The zero-order chi connectivity index (χ0) is 28.5. The fourth-order valence-corrected chi connectivity index (χ4v) is 6.19. The fraction of sp³-hybridized carbons (Fsp3) is 0.483. The van der Waals surface area contributed by atoms with Gasteiger partial charge in [-0.05, 0) is 73.8 Å². The fourth-order valence-electron chi connectivity index (χ4n) is 5.62. The molecule has 4 rings (SSSR count). The number of hydrogen-bond acceptors (Lipinski definition) is 5. The minimum Gasteiger partial charge on any atom is -0.352 e. The molecule has 1 fully saturated rings. The molecule has 39 heavy (non-hydrogen) atoms. The standard InChI is InChI=1S/C29H38N4O5S/c1-17(2)14-24-27(34)31-25(22-15-20-8-6-7-9-21(20)16-22)29(36)33(24)26(28(35)30-18(3)4)19-10-12-23(13-11-19)32-39(5,37)38/h6-13,17-18,22,24-26,32H,14-16H2,1-5H3,(H,30,35)(H,31,34)/t24-,25-,26+/m1/s1. The Hall–Kier alpha value is -3.40. The van der Waals surface area contributed by atoms with Crippen LogP contribution in [0, 0.1) is 11.8 Å². The van der Waals surface area contributed by atoms with Crippen LogP contribution in [0.1, 0.15) is 56.8 Å². The van der Waals surface area contributed by atoms with E-state index in [-0.39, 0.29) is 35.6 Å². The van der Waals surface area contributed by atoms with E-state index in [1.54, 1.807) is 24.3 Å². The average molecular weight is 555 g/mol. The monoisotopic (exact) mass is 554 g/mol. The van der Waals surface area contributed by atoms with Gasteiger partial charge in [-0.25, -0.2) is 8.42 Å². The number of hydrogen-bond donors (Lipinski definition) is 3. The molecule has 2 aromatic carbocycles. The van der Waals surface area contributed by atoms with Crippen LogP contribution in [-0.2, 0) is 37.2 Å². The Labute approximate surface area is 230 Å². The number of carbonyl (C=O) groups is 3. The summed E-state index contributed by atoms with van der Waals surface area (Å²) in [7, 11) is -3.49. The van der Waals surface area contributed by atoms with Gasteiger partial charge in [0.15, 0.2) is 0 Å². The number of nitrogens with one attached hydrogen (secondary N) is 3. The van der Waals surface area contributed by atoms with Crippen LogP contribution in [0.15, 0.2) is 48.5 Å². The van der Waals surface area contributed by atoms with E-state index in [1.807, 2.05) is 39.8 Å². The molecular formula is C29H38N4O5S. The van der Waals surface area contributed by atoms with Crippen LogP contribution in [0.5, 0.6) is 0 Å². The number of carbonyl (C=O) groups excluding carboxylic acids is 3. The lowest BCUT2D eigenvalue weighted by Gasteiger charge is -2.45. The SMILES string of the molecule is CC(C)C[C@@H]1C(=O)N[C@H](C2Cc3ccccc3C2)C(=O)N1[C@H](C(=O)NC(C)C)c1ccc(NS(C)(=O)=O)cc1. The number of benzene rings is 2. The first-order valence-corrected chi connectivity index (χ1v) is 15.3. The highest BCUT2D eigenvalue weighted by atomic mass is 32.2. The van der Waals surface area contributed by atoms with Crippen molar-refractivity contribution < 1.29 is 22.8 Å². The van der Waals surface area contributed by atoms with Gasteiger partial charge in [0.25, 0.3) is 0 Å². The maximum Gasteiger partial charge on any atom is 0.247 e. The Kier molecular flexibility index (Phi) is 8.34. The predicted octanol–water partition coefficient (Wildman–Crippen LogP) is 2.78. The van der Waals surface area contributed by atoms with Crippen molar-refractivity contribution in [2.75, 3.05) is 11.0 Å². The average Bonchev–Trinajstić information content (AvgIpc) is 3.26. The van der Waals surface area contributed by atoms with Crippen LogP contribution >= 0.6 is 0 Å². The van der Waals surface area contributed by atoms with Crippen molar-refractivity contribution in [2.45, 2.75) is 71.1 Å². The number of sulfonamides is 1. The number of anilines is 1. The Morgan fingerprint density at radius 1 is 1.00 bits per heavy atom. The summed E-state index contributed by atoms with van der Waals surface area (Å²) in [5, 5.41) is 5.93. The van der Waals surface area contributed by atoms with Crippen molar-refractivity contribution in [3.8, 4) is 0 Å². The molecule has 210 valence electrons. The first kappa shape index (κ1) is 28.6. The zero-order valence-electron chi connectivity index (χ0n) is 23.1. The van der Waals surface area contributed by atoms with Gasteiger partial charge in [-0.3, -0.25) is 19.1 Å². The molecule has 2 aliphatic rings. The second-order valence-corrected chi connectivity index (χ2v) is 13.1. The zero-order valence-corrected chi connectivity index (χ0v) is 23.9. The highest BCUT2D eigenvalue weighted by Gasteiger charge is 2.49. The summed E-state index contributed by atoms with van der Waals surface area (Å²) in [6.07, 6.45) is 2.80. The second-order valence-electron chi connectivity index (χ2n) is 11.4. The largest absolute Gasteiger partial charge is 0.352 e. The van der Waals surface area contributed by atoms with Gasteiger partial charge in [0.1, 0.15) is 18.1 Å². The van der Waals surface area contributed by atoms with E-state index in [0.717, 1.165) is 6.26 Å². The third-order valence-corrected chi connectivity index (χ3v) is 7.80. The first-order valence-electron chi connectivity index (χ1n) is 13.4. The van der Waals surface area contributed by atoms with E-state index in [9.17, 15) is 22.8 Å². The lowest BCUT2D eigenvalue weighted by Crippen LogP contribution is -2.67. The summed E-state index contributed by atoms with van der Waals surface area (Å²) in [5.41, 5.74) is 3.18. The van der Waals surface area contributed by atoms with Gasteiger partial charge in [-0.1, -0.05) is 50.2 Å². The summed E-state index contributed by atoms with van der Waals surface area (Å²) in [4.78, 5) is 43.1. The molecule has 0 aromatic heterocycles. The van der Waals surface area contributed by atoms with Crippen molar-refractivity contribution >= 4 is 33.4 Å². The lowest BCUT2D eigenvalue weighted by atomic mass is 9.88. The molecular weight excluding hydrogens is 516 g/mol. The van der Waals surface area contributed by atoms with E-state index in [0.29, 0.717) is 30.5 Å². The van der Waals surface area contributed by atoms with Gasteiger partial charge in [0.2, 0.25) is 27.7 Å². The summed E-state index contributed by atoms with van der Waals surface area (Å²) >= 11 is 0. The maximum absolute atomic E-state index is 14.3. The molecule has 0 radical (unpaired) electrons. The highest BCUT2D eigenvalue weighted by Crippen LogP contribution is 2.35. The molecule has 1 saturated heterocycles. The van der Waals surface area contributed by atoms with Gasteiger partial charge < -0.3 is 15.5 Å². The van der Waals surface area contributed by atoms with Gasteiger partial charge in [0, 0.05) is 11.7 Å². The molecule has 1 aliphatic heterocycles. The number of rotatable bonds is 9. The Morgan fingerprint density at radius 2 is 1.59 bits per heavy atom. The van der Waals surface area contributed by atoms with Gasteiger partial charge in [-0.15, -0.1) is 0 Å². The third kappa shape index (κ3) is 6.61. The molecule has 0 unspecified atom stereocenters. The molecule has 3 amide bonds. The highest BCUT2D eigenvalue weighted by molar-refractivity contribution is 7.92. The molecule has 0 spiro atoms. The van der Waals surface area contributed by atoms with Gasteiger partial charge in [0.05, 0.1) is 6.26 Å². The van der Waals surface area contributed by atoms with Gasteiger partial charge in [-0.2, -0.15) is 0 Å². The molecule has 10 heteroatoms. The van der Waals surface area contributed by atoms with E-state index >= 15 is 0 Å². The lowest BCUT2D eigenvalue weighted by molar-refractivity contribution is -0.158. The molecule has 0 saturated carbocycles. The van der Waals surface area contributed by atoms with E-state index in [4.69, 9.17) is 0 Å². The second kappa shape index (κ2) is 11.4. The van der Waals surface area contributed by atoms with E-state index < -0.39 is 28.1 Å². The topological polar surface area (TPSA) is 125 Å². The molecule has 1 aliphatic carbocycles. The van der Waals surface area contributed by atoms with Crippen LogP contribution in [0.3, 0.4) is 0 Å². The normalized spacial score (nSPS) is 20.6. The van der Waals surface area contributed by atoms with Crippen molar-refractivity contribution in [1.82, 2.24) is 15.5 Å². The van der Waals surface area contributed by atoms with Gasteiger partial charge >= 0.3 is 0 Å². The van der Waals surface area contributed by atoms with E-state index in [1.165, 1.54) is 16.0 Å². The van der Waals surface area contributed by atoms with Crippen molar-refractivity contribution in [2.24, 2.45) is 11.8 Å². The number of fused-ring (bicyclic) bond motifs is 1. The van der Waals surface area contributed by atoms with Crippen LogP contribution in [0.4, 0.5) is 5.69 Å². The summed E-state index contributed by atoms with van der Waals surface area (Å²) in [6.45, 7) is 7.63. The first-order chi connectivity index (χ1) is 18.3. The van der Waals surface area contributed by atoms with Crippen LogP contribution in [0.2, 0.25) is 0 Å². The van der Waals surface area contributed by atoms with Crippen molar-refractivity contribution in [3.05, 3.63) is 65.2 Å². The number of amides is 3. The van der Waals surface area contributed by atoms with Crippen LogP contribution in [0.25, 0.3) is 0 Å². The molecule has 3 N–H and O–H groups in total. The Bertz CT molecular complexity index is 1310. The van der Waals surface area contributed by atoms with Crippen molar-refractivity contribution in [3.63, 3.8) is 0 Å². The van der Waals surface area contributed by atoms with Crippen LogP contribution < -0.4 is 15.4 Å². The molecule has 2 aromatic rings. The number of piperazine rings is 1. The third-order valence-electron chi connectivity index (χ3n) is 7.19. The number of nitrogens with zero attached hydrogens (tertiary/aromatic N) is 1. The summed E-state index contributed by atoms with van der Waals surface area (Å²) < 4.78 is 25.8. The van der Waals surface area contributed by atoms with Crippen LogP contribution in [-0.4, -0.2) is 55.4 Å². The maximum atomic E-state index is 14.3. The Morgan fingerprint density at radius 3 is 2.10 bits per heavy atom. The van der Waals surface area contributed by atoms with Crippen molar-refractivity contribution in [1.29, 1.82) is 0 Å². The quantitative estimate of drug-likeness (QED) is 0.440. The predicted molar refractivity (Wildman–Crippen MR) is 150 cm³/mol. The summed E-state index contributed by atoms with van der Waals surface area (Å²) in [5.74, 6) is -0.948. The van der Waals surface area contributed by atoms with E-state index in [2.05, 4.69) is 27.5 Å². The smallest absolute Gasteiger partial charge is 0.247 e. The molecule has 9 nitrogen and oxygen atoms in total. The summed E-state index contributed by atoms with van der Waals surface area (Å²) in [6, 6.07) is 11.6.